The molecule has 5 N–H and O–H groups in total. The van der Waals surface area contributed by atoms with Gasteiger partial charge in [0, 0.05) is 6.04 Å². The van der Waals surface area contributed by atoms with Crippen LogP contribution in [0.5, 0.6) is 0 Å². The van der Waals surface area contributed by atoms with Gasteiger partial charge in [-0.1, -0.05) is 13.8 Å². The van der Waals surface area contributed by atoms with Crippen molar-refractivity contribution in [3.05, 3.63) is 0 Å². The molecule has 0 aliphatic rings. The summed E-state index contributed by atoms with van der Waals surface area (Å²) in [5, 5.41) is 9.23. The molecular formula is C7H18NO4P. The van der Waals surface area contributed by atoms with Crippen LogP contribution in [0.2, 0.25) is 0 Å². The average Bonchev–Trinajstić information content (AvgIpc) is 1.81. The van der Waals surface area contributed by atoms with Crippen LogP contribution in [-0.2, 0) is 4.57 Å². The van der Waals surface area contributed by atoms with E-state index in [4.69, 9.17) is 15.5 Å². The number of rotatable bonds is 5. The van der Waals surface area contributed by atoms with Gasteiger partial charge >= 0.3 is 7.60 Å². The predicted molar refractivity (Wildman–Crippen MR) is 50.3 cm³/mol. The van der Waals surface area contributed by atoms with Crippen LogP contribution in [-0.4, -0.2) is 33.2 Å². The minimum absolute atomic E-state index is 0.200. The smallest absolute Gasteiger partial charge is 0.328 e. The standard InChI is InChI=1S/C7H18NO4P/c1-5(2)7(8)3-6(9)4-13(10,11)12/h5-7,9H,3-4,8H2,1-2H3,(H2,10,11,12). The van der Waals surface area contributed by atoms with E-state index in [1.165, 1.54) is 0 Å². The van der Waals surface area contributed by atoms with Gasteiger partial charge in [0.15, 0.2) is 0 Å². The maximum absolute atomic E-state index is 10.5. The molecule has 0 heterocycles. The maximum Gasteiger partial charge on any atom is 0.328 e. The monoisotopic (exact) mass is 211 g/mol. The van der Waals surface area contributed by atoms with Crippen molar-refractivity contribution >= 4 is 7.60 Å². The molecule has 0 amide bonds. The summed E-state index contributed by atoms with van der Waals surface area (Å²) >= 11 is 0. The number of aliphatic hydroxyl groups excluding tert-OH is 1. The van der Waals surface area contributed by atoms with Gasteiger partial charge in [0.05, 0.1) is 12.3 Å². The molecule has 0 fully saturated rings. The van der Waals surface area contributed by atoms with E-state index < -0.39 is 19.9 Å². The molecule has 0 saturated heterocycles. The molecule has 2 atom stereocenters. The lowest BCUT2D eigenvalue weighted by Crippen LogP contribution is -2.32. The molecule has 0 aromatic heterocycles. The first kappa shape index (κ1) is 13.1. The molecule has 0 rings (SSSR count). The van der Waals surface area contributed by atoms with Gasteiger partial charge < -0.3 is 20.6 Å². The number of aliphatic hydroxyl groups is 1. The van der Waals surface area contributed by atoms with Crippen molar-refractivity contribution in [3.8, 4) is 0 Å². The average molecular weight is 211 g/mol. The first-order valence-corrected chi connectivity index (χ1v) is 6.00. The summed E-state index contributed by atoms with van der Waals surface area (Å²) in [4.78, 5) is 17.1. The fraction of sp³-hybridized carbons (Fsp3) is 1.00. The van der Waals surface area contributed by atoms with Gasteiger partial charge in [0.2, 0.25) is 0 Å². The van der Waals surface area contributed by atoms with Crippen LogP contribution in [0.15, 0.2) is 0 Å². The van der Waals surface area contributed by atoms with Crippen LogP contribution in [0.3, 0.4) is 0 Å². The molecular weight excluding hydrogens is 193 g/mol. The van der Waals surface area contributed by atoms with Crippen molar-refractivity contribution < 1.29 is 19.5 Å². The first-order valence-electron chi connectivity index (χ1n) is 4.20. The highest BCUT2D eigenvalue weighted by Gasteiger charge is 2.22. The molecule has 0 aromatic carbocycles. The van der Waals surface area contributed by atoms with Crippen LogP contribution in [0.25, 0.3) is 0 Å². The third-order valence-electron chi connectivity index (χ3n) is 1.85. The summed E-state index contributed by atoms with van der Waals surface area (Å²) < 4.78 is 10.5. The van der Waals surface area contributed by atoms with Gasteiger partial charge in [0.1, 0.15) is 0 Å². The van der Waals surface area contributed by atoms with Gasteiger partial charge in [-0.2, -0.15) is 0 Å². The Morgan fingerprint density at radius 1 is 1.38 bits per heavy atom. The first-order chi connectivity index (χ1) is 5.72. The van der Waals surface area contributed by atoms with Crippen LogP contribution in [0, 0.1) is 5.92 Å². The highest BCUT2D eigenvalue weighted by Crippen LogP contribution is 2.35. The third kappa shape index (κ3) is 7.16. The van der Waals surface area contributed by atoms with Crippen molar-refractivity contribution in [3.63, 3.8) is 0 Å². The highest BCUT2D eigenvalue weighted by atomic mass is 31.2. The summed E-state index contributed by atoms with van der Waals surface area (Å²) in [5.41, 5.74) is 5.62. The Morgan fingerprint density at radius 2 is 1.85 bits per heavy atom. The summed E-state index contributed by atoms with van der Waals surface area (Å²) in [5.74, 6) is 0.200. The van der Waals surface area contributed by atoms with Crippen LogP contribution >= 0.6 is 7.60 Å². The van der Waals surface area contributed by atoms with Crippen molar-refractivity contribution in [2.45, 2.75) is 32.4 Å². The molecule has 80 valence electrons. The second kappa shape index (κ2) is 5.08. The van der Waals surface area contributed by atoms with Crippen molar-refractivity contribution in [2.24, 2.45) is 11.7 Å². The predicted octanol–water partition coefficient (Wildman–Crippen LogP) is -0.102. The number of hydrogen-bond acceptors (Lipinski definition) is 3. The largest absolute Gasteiger partial charge is 0.392 e. The molecule has 0 spiro atoms. The Hall–Kier alpha value is 0.0700. The lowest BCUT2D eigenvalue weighted by atomic mass is 10.00. The number of hydrogen-bond donors (Lipinski definition) is 4. The summed E-state index contributed by atoms with van der Waals surface area (Å²) in [6.07, 6.45) is -1.30. The van der Waals surface area contributed by atoms with E-state index in [-0.39, 0.29) is 18.4 Å². The van der Waals surface area contributed by atoms with E-state index in [1.54, 1.807) is 0 Å². The molecule has 0 bridgehead atoms. The Kier molecular flexibility index (Phi) is 5.10. The molecule has 6 heteroatoms. The molecule has 0 aliphatic heterocycles. The minimum atomic E-state index is -4.11. The van der Waals surface area contributed by atoms with Gasteiger partial charge in [0.25, 0.3) is 0 Å². The van der Waals surface area contributed by atoms with Gasteiger partial charge in [-0.15, -0.1) is 0 Å². The Balaban J connectivity index is 3.88. The summed E-state index contributed by atoms with van der Waals surface area (Å²) in [7, 11) is -4.11. The van der Waals surface area contributed by atoms with Gasteiger partial charge in [-0.25, -0.2) is 0 Å². The van der Waals surface area contributed by atoms with E-state index in [0.717, 1.165) is 0 Å². The number of nitrogens with two attached hydrogens (primary N) is 1. The Labute approximate surface area is 78.1 Å². The molecule has 0 aliphatic carbocycles. The summed E-state index contributed by atoms with van der Waals surface area (Å²) in [6.45, 7) is 3.80. The zero-order chi connectivity index (χ0) is 10.6. The van der Waals surface area contributed by atoms with E-state index in [9.17, 15) is 9.67 Å². The van der Waals surface area contributed by atoms with Gasteiger partial charge in [-0.05, 0) is 12.3 Å². The Morgan fingerprint density at radius 3 is 2.15 bits per heavy atom. The quantitative estimate of drug-likeness (QED) is 0.475. The molecule has 2 unspecified atom stereocenters. The maximum atomic E-state index is 10.5. The Bertz CT molecular complexity index is 191. The normalized spacial score (nSPS) is 17.5. The minimum Gasteiger partial charge on any atom is -0.392 e. The molecule has 0 aromatic rings. The van der Waals surface area contributed by atoms with Crippen LogP contribution in [0.4, 0.5) is 0 Å². The molecule has 0 radical (unpaired) electrons. The van der Waals surface area contributed by atoms with E-state index >= 15 is 0 Å². The zero-order valence-electron chi connectivity index (χ0n) is 7.92. The van der Waals surface area contributed by atoms with E-state index in [0.29, 0.717) is 0 Å². The zero-order valence-corrected chi connectivity index (χ0v) is 8.82. The second-order valence-electron chi connectivity index (χ2n) is 3.64. The molecule has 13 heavy (non-hydrogen) atoms. The fourth-order valence-corrected chi connectivity index (χ4v) is 1.63. The van der Waals surface area contributed by atoms with Crippen molar-refractivity contribution in [2.75, 3.05) is 6.16 Å². The SMILES string of the molecule is CC(C)C(N)CC(O)CP(=O)(O)O. The lowest BCUT2D eigenvalue weighted by Gasteiger charge is -2.19. The van der Waals surface area contributed by atoms with E-state index in [1.807, 2.05) is 13.8 Å². The van der Waals surface area contributed by atoms with Crippen LogP contribution in [0.1, 0.15) is 20.3 Å². The van der Waals surface area contributed by atoms with Gasteiger partial charge in [-0.3, -0.25) is 4.57 Å². The second-order valence-corrected chi connectivity index (χ2v) is 5.34. The summed E-state index contributed by atoms with van der Waals surface area (Å²) in [6, 6.07) is -0.221. The topological polar surface area (TPSA) is 104 Å². The highest BCUT2D eigenvalue weighted by molar-refractivity contribution is 7.51. The van der Waals surface area contributed by atoms with Crippen LogP contribution < -0.4 is 5.73 Å². The van der Waals surface area contributed by atoms with E-state index in [2.05, 4.69) is 0 Å². The molecule has 5 nitrogen and oxygen atoms in total. The lowest BCUT2D eigenvalue weighted by molar-refractivity contribution is 0.162. The fourth-order valence-electron chi connectivity index (χ4n) is 0.935. The van der Waals surface area contributed by atoms with Crippen molar-refractivity contribution in [1.29, 1.82) is 0 Å². The van der Waals surface area contributed by atoms with Crippen molar-refractivity contribution in [1.82, 2.24) is 0 Å². The molecule has 0 saturated carbocycles. The third-order valence-corrected chi connectivity index (χ3v) is 2.75.